The van der Waals surface area contributed by atoms with E-state index < -0.39 is 13.3 Å². The summed E-state index contributed by atoms with van der Waals surface area (Å²) in [6.07, 6.45) is 0.834. The molecule has 0 saturated heterocycles. The minimum absolute atomic E-state index is 0.167. The van der Waals surface area contributed by atoms with Gasteiger partial charge in [0.1, 0.15) is 6.73 Å². The van der Waals surface area contributed by atoms with Gasteiger partial charge in [0.15, 0.2) is 0 Å². The van der Waals surface area contributed by atoms with Crippen LogP contribution in [0.15, 0.2) is 0 Å². The number of nitrogens with zero attached hydrogens (tertiary/aromatic N) is 1. The summed E-state index contributed by atoms with van der Waals surface area (Å²) < 4.78 is 22.4. The molecule has 1 N–H and O–H groups in total. The summed E-state index contributed by atoms with van der Waals surface area (Å²) in [5, 5.41) is 7.88. The molecule has 0 aromatic rings. The fraction of sp³-hybridized carbons (Fsp3) is 0.667. The summed E-state index contributed by atoms with van der Waals surface area (Å²) in [5.41, 5.74) is 0. The Hall–Kier alpha value is -0.710. The molecule has 0 heterocycles. The Labute approximate surface area is 44.5 Å². The van der Waals surface area contributed by atoms with E-state index in [0.29, 0.717) is 0 Å². The molecule has 0 aromatic carbocycles. The monoisotopic (exact) mass is 124 g/mol. The number of hydrogen-bond donors (Lipinski definition) is 1. The lowest BCUT2D eigenvalue weighted by atomic mass is 10.9. The number of carbonyl (C=O) groups excluding carboxylic acids is 1. The van der Waals surface area contributed by atoms with Gasteiger partial charge >= 0.3 is 13.0 Å². The largest absolute Gasteiger partial charge is 0.376 e. The van der Waals surface area contributed by atoms with Crippen LogP contribution in [0, 0.1) is 0 Å². The highest BCUT2D eigenvalue weighted by atomic mass is 19.3. The summed E-state index contributed by atoms with van der Waals surface area (Å²) in [4.78, 5) is 9.17. The third-order valence-electron chi connectivity index (χ3n) is 0.505. The topological polar surface area (TPSA) is 40.5 Å². The number of hydrogen-bond acceptors (Lipinski definition) is 2. The predicted molar refractivity (Wildman–Crippen MR) is 20.6 cm³/mol. The van der Waals surface area contributed by atoms with Crippen molar-refractivity contribution in [3.8, 4) is 0 Å². The SMILES string of the molecule is O=[C]N(CO)C(F)F. The van der Waals surface area contributed by atoms with Crippen LogP contribution in [0.4, 0.5) is 8.78 Å². The normalized spacial score (nSPS) is 9.50. The molecule has 1 radical (unpaired) electrons. The number of amides is 1. The molecule has 47 valence electrons. The molecule has 0 spiro atoms. The second-order valence-corrected chi connectivity index (χ2v) is 0.980. The molecule has 0 bridgehead atoms. The lowest BCUT2D eigenvalue weighted by Crippen LogP contribution is -2.27. The highest BCUT2D eigenvalue weighted by Gasteiger charge is 2.11. The first-order valence-electron chi connectivity index (χ1n) is 1.75. The third-order valence-corrected chi connectivity index (χ3v) is 0.505. The predicted octanol–water partition coefficient (Wildman–Crippen LogP) is -0.472. The van der Waals surface area contributed by atoms with Crippen molar-refractivity contribution in [2.45, 2.75) is 6.55 Å². The van der Waals surface area contributed by atoms with Gasteiger partial charge in [-0.1, -0.05) is 0 Å². The first-order chi connectivity index (χ1) is 3.72. The van der Waals surface area contributed by atoms with Gasteiger partial charge in [-0.05, 0) is 0 Å². The van der Waals surface area contributed by atoms with E-state index in [2.05, 4.69) is 0 Å². The molecule has 5 heteroatoms. The zero-order valence-corrected chi connectivity index (χ0v) is 3.84. The van der Waals surface area contributed by atoms with E-state index in [1.807, 2.05) is 0 Å². The van der Waals surface area contributed by atoms with Gasteiger partial charge in [-0.25, -0.2) is 0 Å². The molecule has 0 aliphatic carbocycles. The minimum Gasteiger partial charge on any atom is -0.376 e. The van der Waals surface area contributed by atoms with Crippen LogP contribution in [-0.4, -0.2) is 29.7 Å². The van der Waals surface area contributed by atoms with Crippen LogP contribution in [0.2, 0.25) is 0 Å². The second kappa shape index (κ2) is 3.31. The van der Waals surface area contributed by atoms with Crippen LogP contribution < -0.4 is 0 Å². The summed E-state index contributed by atoms with van der Waals surface area (Å²) in [6, 6.07) is 0. The van der Waals surface area contributed by atoms with Gasteiger partial charge in [-0.3, -0.25) is 9.69 Å². The average Bonchev–Trinajstić information content (AvgIpc) is 1.69. The van der Waals surface area contributed by atoms with E-state index >= 15 is 0 Å². The molecule has 0 unspecified atom stereocenters. The molecule has 0 saturated carbocycles. The molecule has 0 aliphatic heterocycles. The van der Waals surface area contributed by atoms with Crippen molar-refractivity contribution in [3.63, 3.8) is 0 Å². The van der Waals surface area contributed by atoms with Crippen molar-refractivity contribution < 1.29 is 18.7 Å². The van der Waals surface area contributed by atoms with Gasteiger partial charge in [0.05, 0.1) is 0 Å². The van der Waals surface area contributed by atoms with E-state index in [1.54, 1.807) is 0 Å². The van der Waals surface area contributed by atoms with E-state index in [-0.39, 0.29) is 4.90 Å². The summed E-state index contributed by atoms with van der Waals surface area (Å²) in [6.45, 7) is -3.96. The molecule has 0 aliphatic rings. The maximum absolute atomic E-state index is 11.2. The molecule has 0 atom stereocenters. The first-order valence-corrected chi connectivity index (χ1v) is 1.75. The minimum atomic E-state index is -2.96. The van der Waals surface area contributed by atoms with Crippen LogP contribution >= 0.6 is 0 Å². The van der Waals surface area contributed by atoms with Crippen molar-refractivity contribution in [3.05, 3.63) is 0 Å². The van der Waals surface area contributed by atoms with Gasteiger partial charge in [0, 0.05) is 0 Å². The molecular formula is C3H4F2NO2. The Kier molecular flexibility index (Phi) is 3.02. The van der Waals surface area contributed by atoms with E-state index in [0.717, 1.165) is 6.41 Å². The van der Waals surface area contributed by atoms with Gasteiger partial charge in [0.2, 0.25) is 0 Å². The summed E-state index contributed by atoms with van der Waals surface area (Å²) in [5.74, 6) is 0. The smallest absolute Gasteiger partial charge is 0.319 e. The highest BCUT2D eigenvalue weighted by molar-refractivity contribution is 5.47. The van der Waals surface area contributed by atoms with Crippen molar-refractivity contribution in [2.24, 2.45) is 0 Å². The highest BCUT2D eigenvalue weighted by Crippen LogP contribution is 1.95. The molecule has 3 nitrogen and oxygen atoms in total. The molecule has 0 fully saturated rings. The Morgan fingerprint density at radius 3 is 2.25 bits per heavy atom. The third kappa shape index (κ3) is 1.83. The van der Waals surface area contributed by atoms with Crippen molar-refractivity contribution >= 4 is 6.41 Å². The number of aliphatic hydroxyl groups excluding tert-OH is 1. The number of halogens is 2. The standard InChI is InChI=1S/C3H4F2NO2/c4-3(5)6(1-7)2-8/h3,7H,1H2. The van der Waals surface area contributed by atoms with Gasteiger partial charge in [-0.15, -0.1) is 0 Å². The van der Waals surface area contributed by atoms with Crippen LogP contribution in [0.25, 0.3) is 0 Å². The average molecular weight is 124 g/mol. The quantitative estimate of drug-likeness (QED) is 0.314. The molecular weight excluding hydrogens is 120 g/mol. The molecule has 8 heavy (non-hydrogen) atoms. The molecule has 0 rings (SSSR count). The zero-order chi connectivity index (χ0) is 6.57. The maximum Gasteiger partial charge on any atom is 0.319 e. The molecule has 0 aromatic heterocycles. The van der Waals surface area contributed by atoms with E-state index in [4.69, 9.17) is 5.11 Å². The first kappa shape index (κ1) is 7.29. The number of alkyl halides is 2. The van der Waals surface area contributed by atoms with Crippen molar-refractivity contribution in [2.75, 3.05) is 6.73 Å². The van der Waals surface area contributed by atoms with Crippen molar-refractivity contribution in [1.29, 1.82) is 0 Å². The number of aliphatic hydroxyl groups is 1. The molecule has 1 amide bonds. The summed E-state index contributed by atoms with van der Waals surface area (Å²) in [7, 11) is 0. The lowest BCUT2D eigenvalue weighted by molar-refractivity contribution is -0.0237. The van der Waals surface area contributed by atoms with Gasteiger partial charge in [0.25, 0.3) is 0 Å². The van der Waals surface area contributed by atoms with Crippen LogP contribution in [0.3, 0.4) is 0 Å². The van der Waals surface area contributed by atoms with E-state index in [1.165, 1.54) is 0 Å². The lowest BCUT2D eigenvalue weighted by Gasteiger charge is -2.08. The van der Waals surface area contributed by atoms with Crippen LogP contribution in [0.5, 0.6) is 0 Å². The fourth-order valence-electron chi connectivity index (χ4n) is 0.130. The maximum atomic E-state index is 11.2. The zero-order valence-electron chi connectivity index (χ0n) is 3.84. The van der Waals surface area contributed by atoms with Crippen LogP contribution in [-0.2, 0) is 4.79 Å². The van der Waals surface area contributed by atoms with Crippen LogP contribution in [0.1, 0.15) is 0 Å². The number of rotatable bonds is 3. The van der Waals surface area contributed by atoms with Gasteiger partial charge in [-0.2, -0.15) is 8.78 Å². The van der Waals surface area contributed by atoms with E-state index in [9.17, 15) is 13.6 Å². The Balaban J connectivity index is 3.51. The Bertz CT molecular complexity index is 77.7. The fourth-order valence-corrected chi connectivity index (χ4v) is 0.130. The Morgan fingerprint density at radius 1 is 1.75 bits per heavy atom. The summed E-state index contributed by atoms with van der Waals surface area (Å²) >= 11 is 0. The second-order valence-electron chi connectivity index (χ2n) is 0.980. The Morgan fingerprint density at radius 2 is 2.25 bits per heavy atom. The van der Waals surface area contributed by atoms with Gasteiger partial charge < -0.3 is 5.11 Å². The van der Waals surface area contributed by atoms with Crippen molar-refractivity contribution in [1.82, 2.24) is 4.90 Å².